The van der Waals surface area contributed by atoms with Gasteiger partial charge in [-0.2, -0.15) is 0 Å². The molecule has 2 heteroatoms. The molecule has 0 atom stereocenters. The van der Waals surface area contributed by atoms with Crippen molar-refractivity contribution in [3.63, 3.8) is 0 Å². The monoisotopic (exact) mass is 123 g/mol. The molecule has 0 unspecified atom stereocenters. The van der Waals surface area contributed by atoms with Gasteiger partial charge in [0, 0.05) is 31.9 Å². The highest BCUT2D eigenvalue weighted by Gasteiger charge is 2.05. The summed E-state index contributed by atoms with van der Waals surface area (Å²) in [5.74, 6) is 0. The fraction of sp³-hybridized carbons (Fsp3) is 0.429. The van der Waals surface area contributed by atoms with Crippen LogP contribution in [0.1, 0.15) is 0 Å². The smallest absolute Gasteiger partial charge is 0.212 e. The Bertz CT molecular complexity index is 145. The quantitative estimate of drug-likeness (QED) is 0.498. The van der Waals surface area contributed by atoms with Gasteiger partial charge in [-0.15, -0.1) is 0 Å². The van der Waals surface area contributed by atoms with Crippen LogP contribution in [0.4, 0.5) is 0 Å². The zero-order valence-corrected chi connectivity index (χ0v) is 5.83. The Morgan fingerprint density at radius 3 is 2.67 bits per heavy atom. The van der Waals surface area contributed by atoms with E-state index >= 15 is 0 Å². The first-order valence-electron chi connectivity index (χ1n) is 3.01. The maximum atomic E-state index is 4.03. The summed E-state index contributed by atoms with van der Waals surface area (Å²) < 4.78 is 0. The van der Waals surface area contributed by atoms with Crippen LogP contribution < -0.4 is 5.32 Å². The summed E-state index contributed by atoms with van der Waals surface area (Å²) in [5, 5.41) is 4.03. The van der Waals surface area contributed by atoms with Crippen molar-refractivity contribution in [3.8, 4) is 0 Å². The van der Waals surface area contributed by atoms with E-state index in [9.17, 15) is 0 Å². The first-order valence-corrected chi connectivity index (χ1v) is 3.01. The molecular weight excluding hydrogens is 112 g/mol. The van der Waals surface area contributed by atoms with Crippen molar-refractivity contribution in [2.75, 3.05) is 20.6 Å². The van der Waals surface area contributed by atoms with Gasteiger partial charge in [0.1, 0.15) is 0 Å². The van der Waals surface area contributed by atoms with Crippen LogP contribution >= 0.6 is 0 Å². The molecule has 0 spiro atoms. The number of nitrogens with zero attached hydrogens (tertiary/aromatic N) is 2. The van der Waals surface area contributed by atoms with Gasteiger partial charge in [-0.05, 0) is 0 Å². The third-order valence-corrected chi connectivity index (χ3v) is 1.27. The van der Waals surface area contributed by atoms with Crippen LogP contribution in [0.25, 0.3) is 0 Å². The lowest BCUT2D eigenvalue weighted by molar-refractivity contribution is 0.523. The van der Waals surface area contributed by atoms with Crippen molar-refractivity contribution in [1.29, 1.82) is 0 Å². The third kappa shape index (κ3) is 1.57. The molecule has 1 aliphatic rings. The Kier molecular flexibility index (Phi) is 1.90. The first-order chi connectivity index (χ1) is 4.30. The molecule has 0 aromatic rings. The fourth-order valence-corrected chi connectivity index (χ4v) is 0.736. The zero-order valence-electron chi connectivity index (χ0n) is 5.83. The summed E-state index contributed by atoms with van der Waals surface area (Å²) in [5.41, 5.74) is 1.24. The molecule has 0 fully saturated rings. The van der Waals surface area contributed by atoms with E-state index in [0.29, 0.717) is 0 Å². The summed E-state index contributed by atoms with van der Waals surface area (Å²) in [6.07, 6.45) is 5.94. The van der Waals surface area contributed by atoms with Gasteiger partial charge in [0.2, 0.25) is 12.7 Å². The van der Waals surface area contributed by atoms with E-state index in [4.69, 9.17) is 0 Å². The lowest BCUT2D eigenvalue weighted by Gasteiger charge is -2.12. The van der Waals surface area contributed by atoms with Crippen molar-refractivity contribution in [3.05, 3.63) is 24.0 Å². The number of allylic oxidation sites excluding steroid dienone is 1. The predicted molar refractivity (Wildman–Crippen MR) is 37.9 cm³/mol. The van der Waals surface area contributed by atoms with Crippen LogP contribution in [0.2, 0.25) is 0 Å². The molecule has 0 saturated heterocycles. The van der Waals surface area contributed by atoms with Crippen molar-refractivity contribution in [1.82, 2.24) is 10.2 Å². The van der Waals surface area contributed by atoms with Crippen LogP contribution in [0.5, 0.6) is 0 Å². The summed E-state index contributed by atoms with van der Waals surface area (Å²) in [7, 11) is 4.06. The number of rotatable bonds is 1. The maximum absolute atomic E-state index is 4.03. The van der Waals surface area contributed by atoms with Crippen LogP contribution in [0, 0.1) is 0 Å². The van der Waals surface area contributed by atoms with Gasteiger partial charge in [0.05, 0.1) is 5.32 Å². The summed E-state index contributed by atoms with van der Waals surface area (Å²) in [6.45, 7) is 0.823. The number of hydrogen-bond donors (Lipinski definition) is 0. The Morgan fingerprint density at radius 1 is 1.56 bits per heavy atom. The van der Waals surface area contributed by atoms with E-state index in [1.54, 1.807) is 0 Å². The second-order valence-corrected chi connectivity index (χ2v) is 2.20. The summed E-state index contributed by atoms with van der Waals surface area (Å²) >= 11 is 0. The average Bonchev–Trinajstić information content (AvgIpc) is 1.90. The molecule has 2 nitrogen and oxygen atoms in total. The predicted octanol–water partition coefficient (Wildman–Crippen LogP) is 0.564. The minimum absolute atomic E-state index is 0.823. The number of hydrogen-bond acceptors (Lipinski definition) is 1. The van der Waals surface area contributed by atoms with Crippen molar-refractivity contribution >= 4 is 0 Å². The van der Waals surface area contributed by atoms with Gasteiger partial charge in [-0.1, -0.05) is 0 Å². The lowest BCUT2D eigenvalue weighted by Crippen LogP contribution is -2.14. The molecule has 9 heavy (non-hydrogen) atoms. The standard InChI is InChI=1S/C7H11N2/c1-9(2)7-3-5-8-6-4-7/h3-5H,6H2,1-2H3/q+1. The van der Waals surface area contributed by atoms with E-state index in [2.05, 4.69) is 16.3 Å². The second kappa shape index (κ2) is 2.69. The third-order valence-electron chi connectivity index (χ3n) is 1.27. The molecule has 0 bridgehead atoms. The van der Waals surface area contributed by atoms with E-state index < -0.39 is 0 Å². The van der Waals surface area contributed by atoms with Gasteiger partial charge < -0.3 is 4.90 Å². The number of likely N-dealkylation sites (N-methyl/N-ethyl adjacent to an activating group) is 1. The highest BCUT2D eigenvalue weighted by Crippen LogP contribution is 2.02. The Balaban J connectivity index is 2.58. The van der Waals surface area contributed by atoms with Gasteiger partial charge in [-0.3, -0.25) is 0 Å². The normalized spacial score (nSPS) is 17.3. The molecule has 0 aromatic heterocycles. The Hall–Kier alpha value is -0.760. The van der Waals surface area contributed by atoms with Crippen LogP contribution in [-0.2, 0) is 0 Å². The van der Waals surface area contributed by atoms with Crippen molar-refractivity contribution in [2.24, 2.45) is 0 Å². The molecule has 1 heterocycles. The Labute approximate surface area is 55.9 Å². The van der Waals surface area contributed by atoms with E-state index in [1.165, 1.54) is 5.70 Å². The van der Waals surface area contributed by atoms with Gasteiger partial charge in [-0.25, -0.2) is 0 Å². The highest BCUT2D eigenvalue weighted by atomic mass is 15.1. The molecule has 0 amide bonds. The molecule has 0 saturated carbocycles. The topological polar surface area (TPSA) is 17.3 Å². The highest BCUT2D eigenvalue weighted by molar-refractivity contribution is 5.19. The molecule has 0 N–H and O–H groups in total. The minimum atomic E-state index is 0.823. The molecule has 48 valence electrons. The second-order valence-electron chi connectivity index (χ2n) is 2.20. The molecular formula is C7H11N2+. The molecule has 0 aromatic carbocycles. The van der Waals surface area contributed by atoms with Crippen molar-refractivity contribution in [2.45, 2.75) is 0 Å². The van der Waals surface area contributed by atoms with E-state index in [1.807, 2.05) is 26.4 Å². The largest absolute Gasteiger partial charge is 0.378 e. The maximum Gasteiger partial charge on any atom is 0.212 e. The van der Waals surface area contributed by atoms with Gasteiger partial charge in [0.25, 0.3) is 0 Å². The van der Waals surface area contributed by atoms with Crippen molar-refractivity contribution < 1.29 is 0 Å². The SMILES string of the molecule is CN(C)C1=CC[N+]C=C1. The lowest BCUT2D eigenvalue weighted by atomic mass is 10.3. The molecule has 1 aliphatic heterocycles. The summed E-state index contributed by atoms with van der Waals surface area (Å²) in [6, 6.07) is 0. The first kappa shape index (κ1) is 6.36. The minimum Gasteiger partial charge on any atom is -0.378 e. The summed E-state index contributed by atoms with van der Waals surface area (Å²) in [4.78, 5) is 2.07. The van der Waals surface area contributed by atoms with E-state index in [0.717, 1.165) is 6.54 Å². The molecule has 2 radical (unpaired) electrons. The molecule has 1 rings (SSSR count). The molecule has 0 aliphatic carbocycles. The van der Waals surface area contributed by atoms with Gasteiger partial charge >= 0.3 is 0 Å². The fourth-order valence-electron chi connectivity index (χ4n) is 0.736. The van der Waals surface area contributed by atoms with E-state index in [-0.39, 0.29) is 0 Å². The van der Waals surface area contributed by atoms with Crippen LogP contribution in [0.3, 0.4) is 0 Å². The Morgan fingerprint density at radius 2 is 2.33 bits per heavy atom. The zero-order chi connectivity index (χ0) is 6.69. The van der Waals surface area contributed by atoms with Crippen LogP contribution in [-0.4, -0.2) is 25.5 Å². The van der Waals surface area contributed by atoms with Crippen LogP contribution in [0.15, 0.2) is 24.0 Å². The average molecular weight is 123 g/mol. The van der Waals surface area contributed by atoms with Gasteiger partial charge in [0.15, 0.2) is 0 Å².